The summed E-state index contributed by atoms with van der Waals surface area (Å²) < 4.78 is 0. The first-order valence-electron chi connectivity index (χ1n) is 9.54. The Labute approximate surface area is 146 Å². The number of benzene rings is 1. The van der Waals surface area contributed by atoms with Crippen LogP contribution < -0.4 is 10.2 Å². The summed E-state index contributed by atoms with van der Waals surface area (Å²) in [5.74, 6) is 0.239. The van der Waals surface area contributed by atoms with Gasteiger partial charge in [0.05, 0.1) is 0 Å². The number of carbonyl (C=O) groups excluding carboxylic acids is 1. The van der Waals surface area contributed by atoms with Gasteiger partial charge in [0, 0.05) is 50.9 Å². The second-order valence-corrected chi connectivity index (χ2v) is 7.27. The summed E-state index contributed by atoms with van der Waals surface area (Å²) in [6.45, 7) is 7.26. The van der Waals surface area contributed by atoms with Crippen molar-refractivity contribution in [3.8, 4) is 0 Å². The van der Waals surface area contributed by atoms with Gasteiger partial charge in [-0.1, -0.05) is 37.5 Å². The third-order valence-electron chi connectivity index (χ3n) is 5.45. The summed E-state index contributed by atoms with van der Waals surface area (Å²) in [5, 5.41) is 3.22. The van der Waals surface area contributed by atoms with Gasteiger partial charge in [0.1, 0.15) is 0 Å². The summed E-state index contributed by atoms with van der Waals surface area (Å²) in [6, 6.07) is 9.04. The van der Waals surface area contributed by atoms with E-state index in [2.05, 4.69) is 46.3 Å². The molecule has 3 rings (SSSR count). The third kappa shape index (κ3) is 4.73. The van der Waals surface area contributed by atoms with Crippen molar-refractivity contribution in [2.24, 2.45) is 0 Å². The molecule has 1 aromatic rings. The van der Waals surface area contributed by atoms with Crippen molar-refractivity contribution in [1.82, 2.24) is 10.2 Å². The average Bonchev–Trinajstić information content (AvgIpc) is 2.62. The van der Waals surface area contributed by atoms with Crippen LogP contribution in [-0.4, -0.2) is 49.6 Å². The molecule has 1 saturated heterocycles. The second-order valence-electron chi connectivity index (χ2n) is 7.27. The Morgan fingerprint density at radius 2 is 1.79 bits per heavy atom. The summed E-state index contributed by atoms with van der Waals surface area (Å²) in [4.78, 5) is 17.0. The van der Waals surface area contributed by atoms with Gasteiger partial charge in [0.25, 0.3) is 0 Å². The molecule has 0 unspecified atom stereocenters. The van der Waals surface area contributed by atoms with Crippen molar-refractivity contribution in [3.05, 3.63) is 29.8 Å². The SMILES string of the molecule is Cc1ccccc1N1CCN(CCC(=O)NC2CCCCC2)CC1. The van der Waals surface area contributed by atoms with Gasteiger partial charge in [-0.15, -0.1) is 0 Å². The minimum Gasteiger partial charge on any atom is -0.369 e. The van der Waals surface area contributed by atoms with Crippen LogP contribution in [0.15, 0.2) is 24.3 Å². The number of nitrogens with zero attached hydrogens (tertiary/aromatic N) is 2. The largest absolute Gasteiger partial charge is 0.369 e. The molecule has 1 N–H and O–H groups in total. The average molecular weight is 329 g/mol. The number of carbonyl (C=O) groups is 1. The molecule has 1 saturated carbocycles. The molecule has 0 radical (unpaired) electrons. The van der Waals surface area contributed by atoms with Crippen LogP contribution >= 0.6 is 0 Å². The van der Waals surface area contributed by atoms with E-state index in [0.29, 0.717) is 12.5 Å². The minimum absolute atomic E-state index is 0.239. The van der Waals surface area contributed by atoms with Crippen LogP contribution in [0.1, 0.15) is 44.1 Å². The van der Waals surface area contributed by atoms with Gasteiger partial charge in [-0.3, -0.25) is 9.69 Å². The number of rotatable bonds is 5. The van der Waals surface area contributed by atoms with E-state index in [1.165, 1.54) is 43.4 Å². The molecule has 2 aliphatic rings. The predicted molar refractivity (Wildman–Crippen MR) is 99.5 cm³/mol. The molecule has 1 heterocycles. The Balaban J connectivity index is 1.38. The minimum atomic E-state index is 0.239. The number of anilines is 1. The van der Waals surface area contributed by atoms with Gasteiger partial charge < -0.3 is 10.2 Å². The molecule has 0 bridgehead atoms. The van der Waals surface area contributed by atoms with Crippen LogP contribution in [0.2, 0.25) is 0 Å². The number of para-hydroxylation sites is 1. The summed E-state index contributed by atoms with van der Waals surface area (Å²) in [6.07, 6.45) is 6.84. The van der Waals surface area contributed by atoms with Gasteiger partial charge >= 0.3 is 0 Å². The van der Waals surface area contributed by atoms with E-state index in [9.17, 15) is 4.79 Å². The van der Waals surface area contributed by atoms with Crippen LogP contribution in [0.5, 0.6) is 0 Å². The third-order valence-corrected chi connectivity index (χ3v) is 5.45. The van der Waals surface area contributed by atoms with Crippen molar-refractivity contribution in [1.29, 1.82) is 0 Å². The van der Waals surface area contributed by atoms with E-state index >= 15 is 0 Å². The molecule has 24 heavy (non-hydrogen) atoms. The predicted octanol–water partition coefficient (Wildman–Crippen LogP) is 2.96. The Bertz CT molecular complexity index is 531. The highest BCUT2D eigenvalue weighted by Crippen LogP contribution is 2.21. The number of piperazine rings is 1. The molecule has 4 heteroatoms. The Hall–Kier alpha value is -1.55. The molecule has 1 aromatic carbocycles. The molecule has 0 atom stereocenters. The molecule has 0 aromatic heterocycles. The quantitative estimate of drug-likeness (QED) is 0.902. The van der Waals surface area contributed by atoms with Gasteiger partial charge in [0.2, 0.25) is 5.91 Å². The van der Waals surface area contributed by atoms with E-state index in [1.807, 2.05) is 0 Å². The van der Waals surface area contributed by atoms with Crippen molar-refractivity contribution in [3.63, 3.8) is 0 Å². The Kier molecular flexibility index (Phi) is 6.13. The van der Waals surface area contributed by atoms with Crippen LogP contribution in [0, 0.1) is 6.92 Å². The zero-order valence-electron chi connectivity index (χ0n) is 15.0. The van der Waals surface area contributed by atoms with Gasteiger partial charge in [-0.2, -0.15) is 0 Å². The van der Waals surface area contributed by atoms with Crippen molar-refractivity contribution in [2.45, 2.75) is 51.5 Å². The smallest absolute Gasteiger partial charge is 0.221 e. The summed E-state index contributed by atoms with van der Waals surface area (Å²) >= 11 is 0. The summed E-state index contributed by atoms with van der Waals surface area (Å²) in [5.41, 5.74) is 2.70. The number of hydrogen-bond donors (Lipinski definition) is 1. The highest BCUT2D eigenvalue weighted by Gasteiger charge is 2.20. The molecule has 2 fully saturated rings. The maximum Gasteiger partial charge on any atom is 0.221 e. The summed E-state index contributed by atoms with van der Waals surface area (Å²) in [7, 11) is 0. The van der Waals surface area contributed by atoms with Crippen LogP contribution in [-0.2, 0) is 4.79 Å². The maximum absolute atomic E-state index is 12.1. The van der Waals surface area contributed by atoms with Gasteiger partial charge in [-0.05, 0) is 31.4 Å². The van der Waals surface area contributed by atoms with E-state index in [1.54, 1.807) is 0 Å². The first-order valence-corrected chi connectivity index (χ1v) is 9.54. The first kappa shape index (κ1) is 17.3. The van der Waals surface area contributed by atoms with E-state index in [0.717, 1.165) is 32.7 Å². The lowest BCUT2D eigenvalue weighted by Gasteiger charge is -2.36. The van der Waals surface area contributed by atoms with Crippen molar-refractivity contribution < 1.29 is 4.79 Å². The lowest BCUT2D eigenvalue weighted by Crippen LogP contribution is -2.47. The number of amides is 1. The van der Waals surface area contributed by atoms with Crippen LogP contribution in [0.25, 0.3) is 0 Å². The molecule has 1 aliphatic heterocycles. The molecule has 1 aliphatic carbocycles. The Morgan fingerprint density at radius 1 is 1.08 bits per heavy atom. The lowest BCUT2D eigenvalue weighted by atomic mass is 9.95. The zero-order valence-corrected chi connectivity index (χ0v) is 15.0. The first-order chi connectivity index (χ1) is 11.7. The molecule has 0 spiro atoms. The number of hydrogen-bond acceptors (Lipinski definition) is 3. The lowest BCUT2D eigenvalue weighted by molar-refractivity contribution is -0.122. The van der Waals surface area contributed by atoms with E-state index in [4.69, 9.17) is 0 Å². The molecule has 132 valence electrons. The van der Waals surface area contributed by atoms with Crippen LogP contribution in [0.3, 0.4) is 0 Å². The van der Waals surface area contributed by atoms with E-state index in [-0.39, 0.29) is 5.91 Å². The standard InChI is InChI=1S/C20H31N3O/c1-17-7-5-6-10-19(17)23-15-13-22(14-16-23)12-11-20(24)21-18-8-3-2-4-9-18/h5-7,10,18H,2-4,8-9,11-16H2,1H3,(H,21,24). The zero-order chi connectivity index (χ0) is 16.8. The van der Waals surface area contributed by atoms with Crippen molar-refractivity contribution in [2.75, 3.05) is 37.6 Å². The highest BCUT2D eigenvalue weighted by molar-refractivity contribution is 5.76. The van der Waals surface area contributed by atoms with Crippen molar-refractivity contribution >= 4 is 11.6 Å². The monoisotopic (exact) mass is 329 g/mol. The van der Waals surface area contributed by atoms with Gasteiger partial charge in [-0.25, -0.2) is 0 Å². The topological polar surface area (TPSA) is 35.6 Å². The number of nitrogens with one attached hydrogen (secondary N) is 1. The molecular weight excluding hydrogens is 298 g/mol. The molecule has 1 amide bonds. The second kappa shape index (κ2) is 8.52. The fourth-order valence-electron chi connectivity index (χ4n) is 3.94. The van der Waals surface area contributed by atoms with Gasteiger partial charge in [0.15, 0.2) is 0 Å². The Morgan fingerprint density at radius 3 is 2.50 bits per heavy atom. The number of aryl methyl sites for hydroxylation is 1. The normalized spacial score (nSPS) is 20.1. The van der Waals surface area contributed by atoms with E-state index < -0.39 is 0 Å². The fourth-order valence-corrected chi connectivity index (χ4v) is 3.94. The highest BCUT2D eigenvalue weighted by atomic mass is 16.1. The van der Waals surface area contributed by atoms with Crippen LogP contribution in [0.4, 0.5) is 5.69 Å². The fraction of sp³-hybridized carbons (Fsp3) is 0.650. The molecular formula is C20H31N3O. The molecule has 4 nitrogen and oxygen atoms in total. The maximum atomic E-state index is 12.1.